The standard InChI is InChI=1S/C25H29ClN6O.C16H15Cl2N3O.C8H12N4O2.C8H14N4.C6H13NO3S.C5H11NO.C3H3N3O2.5CH4/c1-31-11-8-19(16-31)32-15-17(13-29-32)12-23-28-14-21(26)22(30-23)7-6-18-4-2-3-5-20(18)25(9-10-25)24(27)33;17-12-9-20-15(18)21-13(12)6-5-10-3-1-2-4-11(10)16(7-8-16)14(19)22;1-10-3-2-7(5-10)11-6-8(4-9-11)12(13)14;1-11-3-2-8(6-11)12-5-7(9)4-10-12;1-7-4-3-6(5-7)10-11(2,8)9;1-6-3-2-5(7)4-6;7-6(8)3-1-4-5-2-3;;;;;/h2-5,13-15,19H,6-12,16H2,1H3,(H2,27,33);1-4,9H,5-8H2,(H2,19,22);4,6-7H,2-3,5H2,1H3;4-5,8H,2-3,6,9H2,1H3;6H,3-5H2,1-2H3;5,7H,2-4H2,1H3;1-2H,(H,4,5);5*1H4. The Balaban J connectivity index is 0.000000292. The van der Waals surface area contributed by atoms with Crippen molar-refractivity contribution in [1.82, 2.24) is 84.0 Å². The molecular weight excluding hydrogens is 1520 g/mol. The minimum Gasteiger partial charge on any atom is -0.396 e. The highest BCUT2D eigenvalue weighted by Gasteiger charge is 2.52. The van der Waals surface area contributed by atoms with Crippen molar-refractivity contribution in [3.8, 4) is 0 Å². The van der Waals surface area contributed by atoms with Crippen molar-refractivity contribution in [3.63, 3.8) is 0 Å². The molecule has 5 aliphatic heterocycles. The number of likely N-dealkylation sites (N-methyl/N-ethyl adjacent to an activating group) is 5. The van der Waals surface area contributed by atoms with Crippen LogP contribution >= 0.6 is 34.8 Å². The lowest BCUT2D eigenvalue weighted by Crippen LogP contribution is -2.29. The summed E-state index contributed by atoms with van der Waals surface area (Å²) in [7, 11) is 7.03. The van der Waals surface area contributed by atoms with Crippen LogP contribution in [0.3, 0.4) is 0 Å². The molecule has 8 N–H and O–H groups in total. The maximum Gasteiger partial charge on any atom is 0.307 e. The summed E-state index contributed by atoms with van der Waals surface area (Å²) < 4.78 is 31.8. The molecule has 0 bridgehead atoms. The molecule has 15 rings (SSSR count). The molecule has 0 radical (unpaired) electrons. The monoisotopic (exact) mass is 1630 g/mol. The third-order valence-electron chi connectivity index (χ3n) is 19.8. The van der Waals surface area contributed by atoms with Crippen molar-refractivity contribution in [2.24, 2.45) is 11.5 Å². The molecule has 2 aromatic carbocycles. The second-order valence-electron chi connectivity index (χ2n) is 28.4. The highest BCUT2D eigenvalue weighted by atomic mass is 35.5. The van der Waals surface area contributed by atoms with E-state index in [1.165, 1.54) is 31.2 Å². The summed E-state index contributed by atoms with van der Waals surface area (Å²) >= 11 is 18.4. The highest BCUT2D eigenvalue weighted by Crippen LogP contribution is 2.50. The number of aliphatic hydroxyl groups excluding tert-OH is 1. The first kappa shape index (κ1) is 95.9. The number of amides is 2. The van der Waals surface area contributed by atoms with Crippen molar-refractivity contribution >= 4 is 73.8 Å². The third kappa shape index (κ3) is 28.0. The fourth-order valence-corrected chi connectivity index (χ4v) is 14.8. The normalized spacial score (nSPS) is 19.9. The van der Waals surface area contributed by atoms with Crippen molar-refractivity contribution in [1.29, 1.82) is 0 Å². The number of aromatic amines is 1. The molecule has 7 aliphatic rings. The molecule has 6 aromatic heterocycles. The number of hydrogen-bond acceptors (Lipinski definition) is 24. The van der Waals surface area contributed by atoms with Gasteiger partial charge in [-0.3, -0.25) is 53.1 Å². The molecule has 7 fully saturated rings. The molecule has 2 aliphatic carbocycles. The van der Waals surface area contributed by atoms with E-state index >= 15 is 0 Å². The van der Waals surface area contributed by atoms with Crippen molar-refractivity contribution < 1.29 is 37.1 Å². The van der Waals surface area contributed by atoms with Crippen LogP contribution in [0.2, 0.25) is 15.3 Å². The van der Waals surface area contributed by atoms with E-state index in [1.807, 2.05) is 80.7 Å². The SMILES string of the molecule is C.C.C.C.C.CN1CCC(O)C1.CN1CCC(OS(C)(=O)=O)C1.CN1CCC(n2cc(Cc3ncc(Cl)c(CCc4ccccc4C4(C(N)=O)CC4)n3)cn2)C1.CN1CCC(n2cc(N)cn2)C1.CN1CCC(n2cc([N+](=O)[O-])cn2)C1.NC(=O)C1(c2ccccc2CCc2nc(Cl)ncc2Cl)CC1.O=[N+]([O-])c1cn[nH]c1. The molecule has 2 amide bonds. The van der Waals surface area contributed by atoms with Gasteiger partial charge < -0.3 is 46.8 Å². The number of carbonyl (C=O) groups excluding carboxylic acids is 2. The van der Waals surface area contributed by atoms with Gasteiger partial charge in [0.15, 0.2) is 0 Å². The molecule has 8 aromatic rings. The van der Waals surface area contributed by atoms with Crippen molar-refractivity contribution in [2.75, 3.05) is 113 Å². The van der Waals surface area contributed by atoms with Crippen LogP contribution in [0, 0.1) is 20.2 Å². The Labute approximate surface area is 674 Å². The van der Waals surface area contributed by atoms with Gasteiger partial charge in [-0.05, 0) is 178 Å². The number of likely N-dealkylation sites (tertiary alicyclic amines) is 5. The molecule has 32 nitrogen and oxygen atoms in total. The second kappa shape index (κ2) is 44.3. The summed E-state index contributed by atoms with van der Waals surface area (Å²) in [6.45, 7) is 9.87. The first-order chi connectivity index (χ1) is 51.0. The number of aliphatic hydroxyl groups is 1. The van der Waals surface area contributed by atoms with Crippen LogP contribution in [0.1, 0.15) is 158 Å². The lowest BCUT2D eigenvalue weighted by atomic mass is 9.88. The Morgan fingerprint density at radius 1 is 0.580 bits per heavy atom. The van der Waals surface area contributed by atoms with Crippen LogP contribution in [0.4, 0.5) is 17.1 Å². The van der Waals surface area contributed by atoms with Crippen LogP contribution < -0.4 is 17.2 Å². The molecule has 5 saturated heterocycles. The number of β-amino-alcohol motifs (C(OH)–C–C–N with tert-alkyl or cyclic N) is 1. The number of aromatic nitrogens is 12. The maximum atomic E-state index is 12.1. The zero-order valence-electron chi connectivity index (χ0n) is 61.2. The Kier molecular flexibility index (Phi) is 37.9. The number of nitro groups is 2. The van der Waals surface area contributed by atoms with Crippen LogP contribution in [-0.4, -0.2) is 238 Å². The van der Waals surface area contributed by atoms with Gasteiger partial charge in [-0.2, -0.15) is 28.8 Å². The van der Waals surface area contributed by atoms with E-state index in [4.69, 9.17) is 66.3 Å². The van der Waals surface area contributed by atoms with Gasteiger partial charge in [0.2, 0.25) is 17.1 Å². The first-order valence-corrected chi connectivity index (χ1v) is 38.5. The summed E-state index contributed by atoms with van der Waals surface area (Å²) in [6, 6.07) is 17.2. The minimum absolute atomic E-state index is 0. The number of aryl methyl sites for hydroxylation is 4. The Bertz CT molecular complexity index is 4360. The predicted molar refractivity (Wildman–Crippen MR) is 440 cm³/mol. The molecule has 618 valence electrons. The van der Waals surface area contributed by atoms with E-state index in [0.717, 1.165) is 181 Å². The van der Waals surface area contributed by atoms with E-state index in [9.17, 15) is 38.2 Å². The van der Waals surface area contributed by atoms with Crippen LogP contribution in [0.15, 0.2) is 110 Å². The molecule has 5 unspecified atom stereocenters. The lowest BCUT2D eigenvalue weighted by molar-refractivity contribution is -0.385. The van der Waals surface area contributed by atoms with E-state index < -0.39 is 30.8 Å². The number of primary amides is 2. The number of halogens is 3. The number of benzene rings is 2. The summed E-state index contributed by atoms with van der Waals surface area (Å²) in [4.78, 5) is 71.4. The molecule has 2 saturated carbocycles. The fourth-order valence-electron chi connectivity index (χ4n) is 13.6. The van der Waals surface area contributed by atoms with Gasteiger partial charge in [-0.1, -0.05) is 109 Å². The number of carbonyl (C=O) groups is 2. The largest absolute Gasteiger partial charge is 0.396 e. The smallest absolute Gasteiger partial charge is 0.307 e. The second-order valence-corrected chi connectivity index (χ2v) is 31.2. The zero-order valence-corrected chi connectivity index (χ0v) is 64.3. The average Bonchev–Trinajstić information content (AvgIpc) is 1.60. The summed E-state index contributed by atoms with van der Waals surface area (Å²) in [5.74, 6) is 0.256. The minimum atomic E-state index is -3.26. The fraction of sp³-hybridized carbons (Fsp3) is 0.553. The maximum absolute atomic E-state index is 12.1. The summed E-state index contributed by atoms with van der Waals surface area (Å²) in [5, 5.41) is 48.8. The molecule has 36 heteroatoms. The van der Waals surface area contributed by atoms with E-state index in [2.05, 4.69) is 96.0 Å². The van der Waals surface area contributed by atoms with Crippen LogP contribution in [0.25, 0.3) is 0 Å². The van der Waals surface area contributed by atoms with Gasteiger partial charge in [0, 0.05) is 70.8 Å². The Hall–Kier alpha value is -8.48. The van der Waals surface area contributed by atoms with Gasteiger partial charge in [0.05, 0.1) is 109 Å². The Morgan fingerprint density at radius 3 is 1.41 bits per heavy atom. The number of nitrogens with zero attached hydrogens (tertiary/aromatic N) is 18. The molecule has 112 heavy (non-hydrogen) atoms. The Morgan fingerprint density at radius 2 is 1.03 bits per heavy atom. The average molecular weight is 1640 g/mol. The topological polar surface area (TPSA) is 412 Å². The number of rotatable bonds is 19. The quantitative estimate of drug-likeness (QED) is 0.0217. The first-order valence-electron chi connectivity index (χ1n) is 35.5. The third-order valence-corrected chi connectivity index (χ3v) is 21.2. The van der Waals surface area contributed by atoms with Crippen LogP contribution in [0.5, 0.6) is 0 Å². The summed E-state index contributed by atoms with van der Waals surface area (Å²) in [5.41, 5.74) is 23.7. The molecule has 0 spiro atoms. The molecular formula is C76H117Cl3N22O10S. The van der Waals surface area contributed by atoms with Gasteiger partial charge >= 0.3 is 11.4 Å². The van der Waals surface area contributed by atoms with E-state index in [-0.39, 0.29) is 83.9 Å². The van der Waals surface area contributed by atoms with Gasteiger partial charge in [-0.25, -0.2) is 19.9 Å². The molecule has 5 atom stereocenters. The van der Waals surface area contributed by atoms with Gasteiger partial charge in [0.1, 0.15) is 24.4 Å². The number of hydrogen-bond donors (Lipinski definition) is 5. The number of nitrogens with two attached hydrogens (primary N) is 3. The number of anilines is 1. The van der Waals surface area contributed by atoms with E-state index in [1.54, 1.807) is 17.1 Å². The number of nitrogen functional groups attached to an aromatic ring is 1. The molecule has 11 heterocycles. The predicted octanol–water partition coefficient (Wildman–Crippen LogP) is 10.0. The van der Waals surface area contributed by atoms with E-state index in [0.29, 0.717) is 53.6 Å². The summed E-state index contributed by atoms with van der Waals surface area (Å²) in [6.07, 6.45) is 28.7. The zero-order chi connectivity index (χ0) is 77.2. The number of H-pyrrole nitrogens is 1. The lowest BCUT2D eigenvalue weighted by Gasteiger charge is -2.16. The van der Waals surface area contributed by atoms with Crippen molar-refractivity contribution in [2.45, 2.75) is 168 Å². The van der Waals surface area contributed by atoms with Gasteiger partial charge in [0.25, 0.3) is 10.1 Å². The highest BCUT2D eigenvalue weighted by molar-refractivity contribution is 7.86. The van der Waals surface area contributed by atoms with Gasteiger partial charge in [-0.15, -0.1) is 0 Å². The number of nitrogens with one attached hydrogen (secondary N) is 1. The van der Waals surface area contributed by atoms with Crippen LogP contribution in [-0.2, 0) is 66.8 Å². The van der Waals surface area contributed by atoms with Crippen molar-refractivity contribution in [3.05, 3.63) is 191 Å².